The van der Waals surface area contributed by atoms with Gasteiger partial charge >= 0.3 is 0 Å². The zero-order chi connectivity index (χ0) is 13.4. The van der Waals surface area contributed by atoms with E-state index in [9.17, 15) is 4.79 Å². The molecule has 0 radical (unpaired) electrons. The molecule has 1 N–H and O–H groups in total. The number of hydrogen-bond donors (Lipinski definition) is 1. The molecule has 0 fully saturated rings. The van der Waals surface area contributed by atoms with E-state index in [1.165, 1.54) is 11.3 Å². The van der Waals surface area contributed by atoms with Crippen molar-refractivity contribution < 1.29 is 4.79 Å². The number of thiazole rings is 1. The molecular formula is C13H16N4OS. The van der Waals surface area contributed by atoms with Crippen molar-refractivity contribution in [1.82, 2.24) is 14.5 Å². The lowest BCUT2D eigenvalue weighted by molar-refractivity contribution is -0.120. The minimum atomic E-state index is 0.0220. The van der Waals surface area contributed by atoms with Gasteiger partial charge in [0.05, 0.1) is 12.0 Å². The van der Waals surface area contributed by atoms with Crippen LogP contribution in [-0.2, 0) is 17.8 Å². The Bertz CT molecular complexity index is 596. The van der Waals surface area contributed by atoms with Crippen LogP contribution in [0.25, 0.3) is 0 Å². The highest BCUT2D eigenvalue weighted by atomic mass is 32.1. The second-order valence-electron chi connectivity index (χ2n) is 4.92. The van der Waals surface area contributed by atoms with Crippen LogP contribution >= 0.6 is 11.3 Å². The van der Waals surface area contributed by atoms with Crippen LogP contribution in [0, 0.1) is 19.8 Å². The lowest BCUT2D eigenvalue weighted by atomic mass is 9.95. The Hall–Kier alpha value is -1.69. The van der Waals surface area contributed by atoms with Gasteiger partial charge in [0.25, 0.3) is 0 Å². The van der Waals surface area contributed by atoms with E-state index in [0.29, 0.717) is 5.13 Å². The summed E-state index contributed by atoms with van der Waals surface area (Å²) < 4.78 is 2.11. The summed E-state index contributed by atoms with van der Waals surface area (Å²) in [5.41, 5.74) is 2.12. The molecule has 1 amide bonds. The van der Waals surface area contributed by atoms with Crippen molar-refractivity contribution in [3.05, 3.63) is 28.8 Å². The molecule has 0 bridgehead atoms. The van der Waals surface area contributed by atoms with Gasteiger partial charge in [0.1, 0.15) is 0 Å². The fourth-order valence-electron chi connectivity index (χ4n) is 2.33. The number of fused-ring (bicyclic) bond motifs is 1. The summed E-state index contributed by atoms with van der Waals surface area (Å²) in [7, 11) is 0. The normalized spacial score (nSPS) is 18.1. The second-order valence-corrected chi connectivity index (χ2v) is 6.12. The van der Waals surface area contributed by atoms with Gasteiger partial charge in [-0.05, 0) is 20.3 Å². The van der Waals surface area contributed by atoms with Gasteiger partial charge in [-0.3, -0.25) is 4.79 Å². The highest BCUT2D eigenvalue weighted by molar-refractivity contribution is 7.15. The summed E-state index contributed by atoms with van der Waals surface area (Å²) in [6.45, 7) is 4.84. The first-order chi connectivity index (χ1) is 9.13. The van der Waals surface area contributed by atoms with Crippen LogP contribution in [0.2, 0.25) is 0 Å². The SMILES string of the molecule is Cc1nc(NC(=O)C2CCn3cncc3C2)sc1C. The third kappa shape index (κ3) is 2.40. The molecule has 2 aromatic rings. The lowest BCUT2D eigenvalue weighted by Gasteiger charge is -2.22. The van der Waals surface area contributed by atoms with Gasteiger partial charge in [-0.2, -0.15) is 0 Å². The molecule has 100 valence electrons. The van der Waals surface area contributed by atoms with E-state index < -0.39 is 0 Å². The van der Waals surface area contributed by atoms with Gasteiger partial charge in [0.15, 0.2) is 5.13 Å². The van der Waals surface area contributed by atoms with E-state index in [4.69, 9.17) is 0 Å². The number of amides is 1. The Balaban J connectivity index is 1.68. The predicted octanol–water partition coefficient (Wildman–Crippen LogP) is 2.16. The molecular weight excluding hydrogens is 260 g/mol. The molecule has 0 aromatic carbocycles. The molecule has 0 saturated heterocycles. The number of rotatable bonds is 2. The molecule has 0 saturated carbocycles. The Labute approximate surface area is 115 Å². The standard InChI is InChI=1S/C13H16N4OS/c1-8-9(2)19-13(15-8)16-12(18)10-3-4-17-7-14-6-11(17)5-10/h6-7,10H,3-5H2,1-2H3,(H,15,16,18). The average Bonchev–Trinajstić information content (AvgIpc) is 2.96. The molecule has 5 nitrogen and oxygen atoms in total. The number of aryl methyl sites for hydroxylation is 3. The number of anilines is 1. The monoisotopic (exact) mass is 276 g/mol. The minimum absolute atomic E-state index is 0.0220. The van der Waals surface area contributed by atoms with Crippen LogP contribution in [0.3, 0.4) is 0 Å². The van der Waals surface area contributed by atoms with Crippen molar-refractivity contribution >= 4 is 22.4 Å². The van der Waals surface area contributed by atoms with Crippen LogP contribution < -0.4 is 5.32 Å². The molecule has 0 aliphatic carbocycles. The van der Waals surface area contributed by atoms with Gasteiger partial charge in [0.2, 0.25) is 5.91 Å². The third-order valence-electron chi connectivity index (χ3n) is 3.60. The second kappa shape index (κ2) is 4.77. The first kappa shape index (κ1) is 12.3. The van der Waals surface area contributed by atoms with Gasteiger partial charge in [-0.25, -0.2) is 9.97 Å². The molecule has 1 atom stereocenters. The highest BCUT2D eigenvalue weighted by Crippen LogP contribution is 2.24. The molecule has 1 aliphatic rings. The summed E-state index contributed by atoms with van der Waals surface area (Å²) >= 11 is 1.53. The van der Waals surface area contributed by atoms with E-state index in [2.05, 4.69) is 19.9 Å². The maximum absolute atomic E-state index is 12.2. The van der Waals surface area contributed by atoms with Crippen molar-refractivity contribution in [2.75, 3.05) is 5.32 Å². The molecule has 3 rings (SSSR count). The zero-order valence-corrected chi connectivity index (χ0v) is 11.8. The topological polar surface area (TPSA) is 59.8 Å². The molecule has 19 heavy (non-hydrogen) atoms. The number of carbonyl (C=O) groups is 1. The van der Waals surface area contributed by atoms with Gasteiger partial charge < -0.3 is 9.88 Å². The van der Waals surface area contributed by atoms with Crippen molar-refractivity contribution in [3.8, 4) is 0 Å². The van der Waals surface area contributed by atoms with Crippen molar-refractivity contribution in [1.29, 1.82) is 0 Å². The van der Waals surface area contributed by atoms with E-state index in [-0.39, 0.29) is 11.8 Å². The van der Waals surface area contributed by atoms with E-state index in [0.717, 1.165) is 35.7 Å². The summed E-state index contributed by atoms with van der Waals surface area (Å²) in [5.74, 6) is 0.0925. The van der Waals surface area contributed by atoms with Crippen molar-refractivity contribution in [2.45, 2.75) is 33.2 Å². The number of nitrogens with one attached hydrogen (secondary N) is 1. The minimum Gasteiger partial charge on any atom is -0.335 e. The fourth-order valence-corrected chi connectivity index (χ4v) is 3.14. The first-order valence-corrected chi connectivity index (χ1v) is 7.19. The van der Waals surface area contributed by atoms with E-state index >= 15 is 0 Å². The lowest BCUT2D eigenvalue weighted by Crippen LogP contribution is -2.29. The molecule has 6 heteroatoms. The van der Waals surface area contributed by atoms with Gasteiger partial charge in [-0.15, -0.1) is 11.3 Å². The van der Waals surface area contributed by atoms with E-state index in [1.807, 2.05) is 26.4 Å². The van der Waals surface area contributed by atoms with Crippen LogP contribution in [-0.4, -0.2) is 20.4 Å². The Morgan fingerprint density at radius 1 is 1.53 bits per heavy atom. The molecule has 2 aromatic heterocycles. The quantitative estimate of drug-likeness (QED) is 0.914. The maximum atomic E-state index is 12.2. The van der Waals surface area contributed by atoms with Crippen LogP contribution in [0.15, 0.2) is 12.5 Å². The number of carbonyl (C=O) groups excluding carboxylic acids is 1. The Morgan fingerprint density at radius 3 is 3.11 bits per heavy atom. The van der Waals surface area contributed by atoms with Crippen molar-refractivity contribution in [2.24, 2.45) is 5.92 Å². The summed E-state index contributed by atoms with van der Waals surface area (Å²) in [4.78, 5) is 21.9. The Kier molecular flexibility index (Phi) is 3.10. The zero-order valence-electron chi connectivity index (χ0n) is 11.0. The summed E-state index contributed by atoms with van der Waals surface area (Å²) in [6, 6.07) is 0. The third-order valence-corrected chi connectivity index (χ3v) is 4.59. The molecule has 3 heterocycles. The number of aromatic nitrogens is 3. The first-order valence-electron chi connectivity index (χ1n) is 6.37. The molecule has 1 aliphatic heterocycles. The number of imidazole rings is 1. The molecule has 1 unspecified atom stereocenters. The predicted molar refractivity (Wildman–Crippen MR) is 74.3 cm³/mol. The number of hydrogen-bond acceptors (Lipinski definition) is 4. The average molecular weight is 276 g/mol. The van der Waals surface area contributed by atoms with Crippen LogP contribution in [0.4, 0.5) is 5.13 Å². The smallest absolute Gasteiger partial charge is 0.229 e. The van der Waals surface area contributed by atoms with Crippen LogP contribution in [0.1, 0.15) is 22.7 Å². The van der Waals surface area contributed by atoms with E-state index in [1.54, 1.807) is 0 Å². The van der Waals surface area contributed by atoms with Crippen molar-refractivity contribution in [3.63, 3.8) is 0 Å². The molecule has 0 spiro atoms. The highest BCUT2D eigenvalue weighted by Gasteiger charge is 2.25. The summed E-state index contributed by atoms with van der Waals surface area (Å²) in [6.07, 6.45) is 5.29. The number of nitrogens with zero attached hydrogens (tertiary/aromatic N) is 3. The maximum Gasteiger partial charge on any atom is 0.229 e. The fraction of sp³-hybridized carbons (Fsp3) is 0.462. The summed E-state index contributed by atoms with van der Waals surface area (Å²) in [5, 5.41) is 3.64. The van der Waals surface area contributed by atoms with Gasteiger partial charge in [0, 0.05) is 35.7 Å². The largest absolute Gasteiger partial charge is 0.335 e. The van der Waals surface area contributed by atoms with Crippen LogP contribution in [0.5, 0.6) is 0 Å². The van der Waals surface area contributed by atoms with Gasteiger partial charge in [-0.1, -0.05) is 0 Å². The Morgan fingerprint density at radius 2 is 2.37 bits per heavy atom.